The van der Waals surface area contributed by atoms with E-state index in [9.17, 15) is 9.59 Å². The van der Waals surface area contributed by atoms with E-state index in [1.165, 1.54) is 12.0 Å². The van der Waals surface area contributed by atoms with Crippen LogP contribution in [-0.2, 0) is 16.0 Å². The highest BCUT2D eigenvalue weighted by atomic mass is 16.2. The molecule has 2 saturated carbocycles. The first-order chi connectivity index (χ1) is 14.1. The summed E-state index contributed by atoms with van der Waals surface area (Å²) in [6, 6.07) is 10.4. The molecule has 154 valence electrons. The number of nitrogens with zero attached hydrogens (tertiary/aromatic N) is 1. The molecule has 1 aliphatic heterocycles. The van der Waals surface area contributed by atoms with Crippen LogP contribution in [0.25, 0.3) is 0 Å². The Bertz CT molecular complexity index is 794. The van der Waals surface area contributed by atoms with E-state index in [-0.39, 0.29) is 23.2 Å². The van der Waals surface area contributed by atoms with Crippen LogP contribution in [-0.4, -0.2) is 36.3 Å². The summed E-state index contributed by atoms with van der Waals surface area (Å²) < 4.78 is 0. The number of amides is 2. The van der Waals surface area contributed by atoms with Crippen LogP contribution in [0.3, 0.4) is 0 Å². The third kappa shape index (κ3) is 3.74. The predicted molar refractivity (Wildman–Crippen MR) is 113 cm³/mol. The van der Waals surface area contributed by atoms with E-state index in [2.05, 4.69) is 46.6 Å². The Kier molecular flexibility index (Phi) is 4.97. The molecule has 1 saturated heterocycles. The monoisotopic (exact) mass is 392 g/mol. The van der Waals surface area contributed by atoms with Gasteiger partial charge in [0, 0.05) is 31.5 Å². The van der Waals surface area contributed by atoms with Crippen molar-refractivity contribution in [2.75, 3.05) is 19.6 Å². The standard InChI is InChI=1S/C25H32N2O2/c28-23(26-12-4-7-18-5-2-1-3-6-18)22-17-25(22)10-13-27(14-11-25)24(29)21-16-19-8-9-20(21)15-19/h1-3,5-6,8-9,19-22H,4,7,10-17H2,(H,26,28)/t19-,20+,21+,22+/m1/s1. The number of piperidine rings is 1. The molecular weight excluding hydrogens is 360 g/mol. The average Bonchev–Trinajstić information content (AvgIpc) is 3.09. The Hall–Kier alpha value is -2.10. The molecule has 4 nitrogen and oxygen atoms in total. The fourth-order valence-corrected chi connectivity index (χ4v) is 6.01. The van der Waals surface area contributed by atoms with Crippen LogP contribution in [0.4, 0.5) is 0 Å². The Morgan fingerprint density at radius 2 is 1.86 bits per heavy atom. The number of allylic oxidation sites excluding steroid dienone is 2. The van der Waals surface area contributed by atoms with E-state index < -0.39 is 0 Å². The zero-order chi connectivity index (χ0) is 19.8. The molecule has 4 aliphatic rings. The molecule has 2 bridgehead atoms. The summed E-state index contributed by atoms with van der Waals surface area (Å²) in [5, 5.41) is 3.16. The summed E-state index contributed by atoms with van der Waals surface area (Å²) in [6.45, 7) is 2.44. The molecule has 3 fully saturated rings. The summed E-state index contributed by atoms with van der Waals surface area (Å²) in [5.74, 6) is 2.13. The highest BCUT2D eigenvalue weighted by Gasteiger charge is 2.59. The van der Waals surface area contributed by atoms with Gasteiger partial charge in [0.2, 0.25) is 11.8 Å². The zero-order valence-electron chi connectivity index (χ0n) is 17.2. The number of hydrogen-bond donors (Lipinski definition) is 1. The number of likely N-dealkylation sites (tertiary alicyclic amines) is 1. The van der Waals surface area contributed by atoms with Gasteiger partial charge >= 0.3 is 0 Å². The number of carbonyl (C=O) groups excluding carboxylic acids is 2. The molecular formula is C25H32N2O2. The Morgan fingerprint density at radius 1 is 1.07 bits per heavy atom. The van der Waals surface area contributed by atoms with Crippen molar-refractivity contribution in [3.8, 4) is 0 Å². The molecule has 1 spiro atoms. The van der Waals surface area contributed by atoms with Gasteiger partial charge in [-0.1, -0.05) is 42.5 Å². The van der Waals surface area contributed by atoms with Gasteiger partial charge in [0.05, 0.1) is 0 Å². The number of hydrogen-bond acceptors (Lipinski definition) is 2. The maximum Gasteiger partial charge on any atom is 0.226 e. The van der Waals surface area contributed by atoms with Crippen LogP contribution in [0.1, 0.15) is 44.1 Å². The SMILES string of the molecule is O=C(NCCCc1ccccc1)[C@@H]1CC12CCN(C(=O)[C@H]1C[C@@H]3C=C[C@H]1C3)CC2. The summed E-state index contributed by atoms with van der Waals surface area (Å²) in [4.78, 5) is 27.6. The second kappa shape index (κ2) is 7.62. The first kappa shape index (κ1) is 18.9. The van der Waals surface area contributed by atoms with Gasteiger partial charge < -0.3 is 10.2 Å². The van der Waals surface area contributed by atoms with Gasteiger partial charge in [-0.15, -0.1) is 0 Å². The normalized spacial score (nSPS) is 31.2. The van der Waals surface area contributed by atoms with Crippen LogP contribution in [0.2, 0.25) is 0 Å². The van der Waals surface area contributed by atoms with Gasteiger partial charge in [-0.25, -0.2) is 0 Å². The van der Waals surface area contributed by atoms with E-state index in [1.54, 1.807) is 0 Å². The molecule has 1 heterocycles. The van der Waals surface area contributed by atoms with Crippen molar-refractivity contribution in [2.24, 2.45) is 29.1 Å². The van der Waals surface area contributed by atoms with Crippen molar-refractivity contribution in [1.82, 2.24) is 10.2 Å². The molecule has 0 radical (unpaired) electrons. The molecule has 4 atom stereocenters. The molecule has 3 aliphatic carbocycles. The van der Waals surface area contributed by atoms with Crippen LogP contribution in [0.15, 0.2) is 42.5 Å². The summed E-state index contributed by atoms with van der Waals surface area (Å²) in [7, 11) is 0. The third-order valence-electron chi connectivity index (χ3n) is 7.96. The van der Waals surface area contributed by atoms with Crippen LogP contribution in [0, 0.1) is 29.1 Å². The topological polar surface area (TPSA) is 49.4 Å². The first-order valence-corrected chi connectivity index (χ1v) is 11.4. The highest BCUT2D eigenvalue weighted by molar-refractivity contribution is 5.83. The van der Waals surface area contributed by atoms with Gasteiger partial charge in [0.25, 0.3) is 0 Å². The minimum Gasteiger partial charge on any atom is -0.356 e. The Morgan fingerprint density at radius 3 is 2.55 bits per heavy atom. The number of nitrogens with one attached hydrogen (secondary N) is 1. The smallest absolute Gasteiger partial charge is 0.226 e. The summed E-state index contributed by atoms with van der Waals surface area (Å²) in [6.07, 6.45) is 11.8. The van der Waals surface area contributed by atoms with E-state index >= 15 is 0 Å². The zero-order valence-corrected chi connectivity index (χ0v) is 17.2. The Labute approximate surface area is 173 Å². The molecule has 2 amide bonds. The number of rotatable bonds is 6. The van der Waals surface area contributed by atoms with Crippen LogP contribution < -0.4 is 5.32 Å². The first-order valence-electron chi connectivity index (χ1n) is 11.4. The lowest BCUT2D eigenvalue weighted by molar-refractivity contribution is -0.138. The van der Waals surface area contributed by atoms with Gasteiger partial charge in [-0.3, -0.25) is 9.59 Å². The molecule has 1 aromatic rings. The highest BCUT2D eigenvalue weighted by Crippen LogP contribution is 2.59. The minimum atomic E-state index is 0.168. The molecule has 0 unspecified atom stereocenters. The fourth-order valence-electron chi connectivity index (χ4n) is 6.01. The number of fused-ring (bicyclic) bond motifs is 2. The average molecular weight is 393 g/mol. The largest absolute Gasteiger partial charge is 0.356 e. The summed E-state index contributed by atoms with van der Waals surface area (Å²) in [5.41, 5.74) is 1.50. The molecule has 1 N–H and O–H groups in total. The molecule has 4 heteroatoms. The lowest BCUT2D eigenvalue weighted by atomic mass is 9.87. The van der Waals surface area contributed by atoms with Crippen molar-refractivity contribution >= 4 is 11.8 Å². The maximum absolute atomic E-state index is 12.9. The molecule has 0 aromatic heterocycles. The van der Waals surface area contributed by atoms with E-state index in [0.717, 1.165) is 58.2 Å². The van der Waals surface area contributed by atoms with Crippen molar-refractivity contribution in [3.05, 3.63) is 48.0 Å². The maximum atomic E-state index is 12.9. The fraction of sp³-hybridized carbons (Fsp3) is 0.600. The lowest BCUT2D eigenvalue weighted by Crippen LogP contribution is -2.44. The van der Waals surface area contributed by atoms with Crippen LogP contribution >= 0.6 is 0 Å². The molecule has 1 aromatic carbocycles. The number of aryl methyl sites for hydroxylation is 1. The van der Waals surface area contributed by atoms with E-state index in [4.69, 9.17) is 0 Å². The van der Waals surface area contributed by atoms with Gasteiger partial charge in [0.1, 0.15) is 0 Å². The van der Waals surface area contributed by atoms with E-state index in [0.29, 0.717) is 17.7 Å². The second-order valence-electron chi connectivity index (χ2n) is 9.71. The Balaban J connectivity index is 1.04. The molecule has 5 rings (SSSR count). The predicted octanol–water partition coefficient (Wildman–Crippen LogP) is 3.58. The summed E-state index contributed by atoms with van der Waals surface area (Å²) >= 11 is 0. The lowest BCUT2D eigenvalue weighted by Gasteiger charge is -2.35. The van der Waals surface area contributed by atoms with Gasteiger partial charge in [-0.05, 0) is 67.8 Å². The minimum absolute atomic E-state index is 0.168. The van der Waals surface area contributed by atoms with Crippen LogP contribution in [0.5, 0.6) is 0 Å². The van der Waals surface area contributed by atoms with Crippen molar-refractivity contribution in [2.45, 2.75) is 44.9 Å². The van der Waals surface area contributed by atoms with Crippen molar-refractivity contribution in [1.29, 1.82) is 0 Å². The third-order valence-corrected chi connectivity index (χ3v) is 7.96. The second-order valence-corrected chi connectivity index (χ2v) is 9.71. The van der Waals surface area contributed by atoms with Crippen molar-refractivity contribution < 1.29 is 9.59 Å². The quantitative estimate of drug-likeness (QED) is 0.594. The van der Waals surface area contributed by atoms with Crippen molar-refractivity contribution in [3.63, 3.8) is 0 Å². The van der Waals surface area contributed by atoms with Gasteiger partial charge in [-0.2, -0.15) is 0 Å². The van der Waals surface area contributed by atoms with E-state index in [1.807, 2.05) is 6.07 Å². The van der Waals surface area contributed by atoms with Gasteiger partial charge in [0.15, 0.2) is 0 Å². The molecule has 29 heavy (non-hydrogen) atoms. The number of carbonyl (C=O) groups is 2. The number of benzene rings is 1.